The smallest absolute Gasteiger partial charge is 0.139 e. The summed E-state index contributed by atoms with van der Waals surface area (Å²) >= 11 is 10.9. The number of rotatable bonds is 3. The lowest BCUT2D eigenvalue weighted by molar-refractivity contribution is 0.482. The van der Waals surface area contributed by atoms with Crippen molar-refractivity contribution in [2.24, 2.45) is 5.73 Å². The Balaban J connectivity index is 2.37. The van der Waals surface area contributed by atoms with Gasteiger partial charge in [-0.1, -0.05) is 42.0 Å². The Morgan fingerprint density at radius 2 is 1.82 bits per heavy atom. The van der Waals surface area contributed by atoms with Gasteiger partial charge in [-0.05, 0) is 24.3 Å². The van der Waals surface area contributed by atoms with E-state index in [4.69, 9.17) is 34.3 Å². The highest BCUT2D eigenvalue weighted by atomic mass is 35.5. The molecule has 0 saturated carbocycles. The molecule has 0 radical (unpaired) electrons. The van der Waals surface area contributed by atoms with Crippen LogP contribution < -0.4 is 10.5 Å². The van der Waals surface area contributed by atoms with E-state index in [1.165, 1.54) is 0 Å². The molecule has 0 heterocycles. The van der Waals surface area contributed by atoms with Crippen LogP contribution in [0, 0.1) is 0 Å². The van der Waals surface area contributed by atoms with E-state index in [0.717, 1.165) is 0 Å². The zero-order valence-electron chi connectivity index (χ0n) is 8.89. The van der Waals surface area contributed by atoms with Crippen LogP contribution in [-0.2, 0) is 0 Å². The van der Waals surface area contributed by atoms with Crippen LogP contribution in [0.25, 0.3) is 0 Å². The predicted octanol–water partition coefficient (Wildman–Crippen LogP) is 3.77. The summed E-state index contributed by atoms with van der Waals surface area (Å²) in [5.74, 6) is 1.28. The lowest BCUT2D eigenvalue weighted by Gasteiger charge is -2.10. The molecular formula is C13H10ClNOS. The van der Waals surface area contributed by atoms with Gasteiger partial charge in [0, 0.05) is 11.1 Å². The number of para-hydroxylation sites is 1. The van der Waals surface area contributed by atoms with E-state index in [1.807, 2.05) is 30.3 Å². The van der Waals surface area contributed by atoms with Crippen molar-refractivity contribution in [3.63, 3.8) is 0 Å². The highest BCUT2D eigenvalue weighted by Crippen LogP contribution is 2.28. The van der Waals surface area contributed by atoms with Gasteiger partial charge in [0.1, 0.15) is 16.5 Å². The Hall–Kier alpha value is -1.58. The summed E-state index contributed by atoms with van der Waals surface area (Å²) in [6, 6.07) is 14.6. The van der Waals surface area contributed by atoms with Crippen LogP contribution >= 0.6 is 23.8 Å². The van der Waals surface area contributed by atoms with Gasteiger partial charge in [-0.25, -0.2) is 0 Å². The third-order valence-corrected chi connectivity index (χ3v) is 2.64. The fourth-order valence-corrected chi connectivity index (χ4v) is 1.73. The summed E-state index contributed by atoms with van der Waals surface area (Å²) < 4.78 is 5.70. The van der Waals surface area contributed by atoms with Crippen LogP contribution in [0.5, 0.6) is 11.5 Å². The maximum Gasteiger partial charge on any atom is 0.139 e. The van der Waals surface area contributed by atoms with Crippen LogP contribution in [0.1, 0.15) is 5.56 Å². The number of hydrogen-bond donors (Lipinski definition) is 1. The molecular weight excluding hydrogens is 254 g/mol. The molecule has 0 aromatic heterocycles. The quantitative estimate of drug-likeness (QED) is 0.857. The molecule has 0 atom stereocenters. The third-order valence-electron chi connectivity index (χ3n) is 2.18. The van der Waals surface area contributed by atoms with E-state index in [1.54, 1.807) is 18.2 Å². The SMILES string of the molecule is NC(=S)c1ccc(Cl)cc1Oc1ccccc1. The topological polar surface area (TPSA) is 35.2 Å². The molecule has 0 aliphatic heterocycles. The van der Waals surface area contributed by atoms with E-state index in [2.05, 4.69) is 0 Å². The summed E-state index contributed by atoms with van der Waals surface area (Å²) in [5.41, 5.74) is 6.30. The van der Waals surface area contributed by atoms with E-state index in [-0.39, 0.29) is 4.99 Å². The number of hydrogen-bond acceptors (Lipinski definition) is 2. The first-order valence-electron chi connectivity index (χ1n) is 4.99. The van der Waals surface area contributed by atoms with Crippen molar-refractivity contribution in [3.05, 3.63) is 59.1 Å². The van der Waals surface area contributed by atoms with Crippen LogP contribution in [-0.4, -0.2) is 4.99 Å². The molecule has 0 amide bonds. The van der Waals surface area contributed by atoms with Crippen LogP contribution in [0.3, 0.4) is 0 Å². The minimum atomic E-state index is 0.285. The van der Waals surface area contributed by atoms with Gasteiger partial charge in [-0.2, -0.15) is 0 Å². The summed E-state index contributed by atoms with van der Waals surface area (Å²) in [6.45, 7) is 0. The first-order chi connectivity index (χ1) is 8.16. The fourth-order valence-electron chi connectivity index (χ4n) is 1.40. The number of halogens is 1. The molecule has 17 heavy (non-hydrogen) atoms. The molecule has 0 bridgehead atoms. The molecule has 0 unspecified atom stereocenters. The Morgan fingerprint density at radius 1 is 1.12 bits per heavy atom. The maximum atomic E-state index is 5.92. The second-order valence-corrected chi connectivity index (χ2v) is 4.30. The summed E-state index contributed by atoms with van der Waals surface area (Å²) in [7, 11) is 0. The van der Waals surface area contributed by atoms with Crippen molar-refractivity contribution in [1.29, 1.82) is 0 Å². The van der Waals surface area contributed by atoms with Crippen molar-refractivity contribution in [3.8, 4) is 11.5 Å². The Bertz CT molecular complexity index is 542. The standard InChI is InChI=1S/C13H10ClNOS/c14-9-6-7-11(13(15)17)12(8-9)16-10-4-2-1-3-5-10/h1-8H,(H2,15,17). The molecule has 0 aliphatic carbocycles. The van der Waals surface area contributed by atoms with E-state index in [9.17, 15) is 0 Å². The van der Waals surface area contributed by atoms with Gasteiger partial charge in [-0.3, -0.25) is 0 Å². The summed E-state index contributed by atoms with van der Waals surface area (Å²) in [6.07, 6.45) is 0. The number of benzene rings is 2. The van der Waals surface area contributed by atoms with Gasteiger partial charge in [0.05, 0.1) is 5.56 Å². The summed E-state index contributed by atoms with van der Waals surface area (Å²) in [5, 5.41) is 0.580. The minimum absolute atomic E-state index is 0.285. The molecule has 2 rings (SSSR count). The molecule has 2 N–H and O–H groups in total. The lowest BCUT2D eigenvalue weighted by atomic mass is 10.2. The molecule has 2 nitrogen and oxygen atoms in total. The maximum absolute atomic E-state index is 5.92. The highest BCUT2D eigenvalue weighted by Gasteiger charge is 2.08. The van der Waals surface area contributed by atoms with Gasteiger partial charge in [-0.15, -0.1) is 0 Å². The van der Waals surface area contributed by atoms with Crippen LogP contribution in [0.4, 0.5) is 0 Å². The Labute approximate surface area is 110 Å². The largest absolute Gasteiger partial charge is 0.457 e. The van der Waals surface area contributed by atoms with Gasteiger partial charge < -0.3 is 10.5 Å². The molecule has 0 spiro atoms. The van der Waals surface area contributed by atoms with Crippen molar-refractivity contribution in [1.82, 2.24) is 0 Å². The number of thiocarbonyl (C=S) groups is 1. The molecule has 0 saturated heterocycles. The van der Waals surface area contributed by atoms with Crippen LogP contribution in [0.2, 0.25) is 5.02 Å². The first kappa shape index (κ1) is 11.9. The predicted molar refractivity (Wildman–Crippen MR) is 73.9 cm³/mol. The monoisotopic (exact) mass is 263 g/mol. The Morgan fingerprint density at radius 3 is 2.47 bits per heavy atom. The van der Waals surface area contributed by atoms with Crippen LogP contribution in [0.15, 0.2) is 48.5 Å². The number of ether oxygens (including phenoxy) is 1. The van der Waals surface area contributed by atoms with E-state index in [0.29, 0.717) is 22.1 Å². The second-order valence-electron chi connectivity index (χ2n) is 3.42. The van der Waals surface area contributed by atoms with E-state index >= 15 is 0 Å². The lowest BCUT2D eigenvalue weighted by Crippen LogP contribution is -2.10. The summed E-state index contributed by atoms with van der Waals surface area (Å²) in [4.78, 5) is 0.285. The van der Waals surface area contributed by atoms with Crippen molar-refractivity contribution in [2.75, 3.05) is 0 Å². The van der Waals surface area contributed by atoms with Gasteiger partial charge in [0.25, 0.3) is 0 Å². The normalized spacial score (nSPS) is 9.94. The molecule has 2 aromatic carbocycles. The zero-order chi connectivity index (χ0) is 12.3. The van der Waals surface area contributed by atoms with Gasteiger partial charge in [0.2, 0.25) is 0 Å². The van der Waals surface area contributed by atoms with E-state index < -0.39 is 0 Å². The number of nitrogens with two attached hydrogens (primary N) is 1. The molecule has 0 fully saturated rings. The van der Waals surface area contributed by atoms with Gasteiger partial charge in [0.15, 0.2) is 0 Å². The van der Waals surface area contributed by atoms with Crippen molar-refractivity contribution in [2.45, 2.75) is 0 Å². The fraction of sp³-hybridized carbons (Fsp3) is 0. The molecule has 86 valence electrons. The highest BCUT2D eigenvalue weighted by molar-refractivity contribution is 7.80. The average Bonchev–Trinajstić information content (AvgIpc) is 2.30. The molecule has 4 heteroatoms. The minimum Gasteiger partial charge on any atom is -0.457 e. The molecule has 0 aliphatic rings. The second kappa shape index (κ2) is 5.17. The molecule has 2 aromatic rings. The third kappa shape index (κ3) is 2.96. The van der Waals surface area contributed by atoms with Crippen molar-refractivity contribution < 1.29 is 4.74 Å². The van der Waals surface area contributed by atoms with Gasteiger partial charge >= 0.3 is 0 Å². The first-order valence-corrected chi connectivity index (χ1v) is 5.77. The zero-order valence-corrected chi connectivity index (χ0v) is 10.5. The average molecular weight is 264 g/mol. The Kier molecular flexibility index (Phi) is 3.61. The van der Waals surface area contributed by atoms with Crippen molar-refractivity contribution >= 4 is 28.8 Å².